The van der Waals surface area contributed by atoms with Crippen molar-refractivity contribution in [3.8, 4) is 10.9 Å². The molecule has 3 N–H and O–H groups in total. The van der Waals surface area contributed by atoms with Gasteiger partial charge >= 0.3 is 5.63 Å². The smallest absolute Gasteiger partial charge is 0.381 e. The zero-order valence-electron chi connectivity index (χ0n) is 18.1. The Balaban J connectivity index is 1.56. The molecule has 1 aliphatic carbocycles. The van der Waals surface area contributed by atoms with E-state index in [0.29, 0.717) is 11.6 Å². The number of ether oxygens (including phenoxy) is 2. The van der Waals surface area contributed by atoms with Gasteiger partial charge in [-0.1, -0.05) is 11.3 Å². The third kappa shape index (κ3) is 5.21. The molecule has 0 unspecified atom stereocenters. The molecular formula is C20H24N6O6S. The van der Waals surface area contributed by atoms with Crippen LogP contribution >= 0.6 is 11.3 Å². The van der Waals surface area contributed by atoms with Crippen LogP contribution in [0.3, 0.4) is 0 Å². The molecule has 0 saturated heterocycles. The van der Waals surface area contributed by atoms with Gasteiger partial charge in [0.25, 0.3) is 5.91 Å². The van der Waals surface area contributed by atoms with Gasteiger partial charge in [-0.15, -0.1) is 10.2 Å². The summed E-state index contributed by atoms with van der Waals surface area (Å²) in [5.41, 5.74) is 0.311. The number of hydrogen-bond acceptors (Lipinski definition) is 11. The Bertz CT molecular complexity index is 1170. The Morgan fingerprint density at radius 1 is 1.36 bits per heavy atom. The van der Waals surface area contributed by atoms with Crippen LogP contribution in [-0.4, -0.2) is 63.5 Å². The maximum atomic E-state index is 12.8. The number of amides is 1. The van der Waals surface area contributed by atoms with E-state index in [1.165, 1.54) is 13.2 Å². The minimum Gasteiger partial charge on any atom is -0.483 e. The number of aliphatic hydroxyl groups is 1. The van der Waals surface area contributed by atoms with Gasteiger partial charge < -0.3 is 24.3 Å². The number of methoxy groups -OCH3 is 1. The van der Waals surface area contributed by atoms with Gasteiger partial charge in [0.05, 0.1) is 24.4 Å². The van der Waals surface area contributed by atoms with E-state index < -0.39 is 17.6 Å². The quantitative estimate of drug-likeness (QED) is 0.388. The third-order valence-electron chi connectivity index (χ3n) is 5.13. The molecule has 1 amide bonds. The second-order valence-electron chi connectivity index (χ2n) is 7.46. The maximum absolute atomic E-state index is 12.8. The van der Waals surface area contributed by atoms with Crippen LogP contribution < -0.4 is 21.0 Å². The molecule has 3 aromatic heterocycles. The fourth-order valence-corrected chi connectivity index (χ4v) is 4.21. The lowest BCUT2D eigenvalue weighted by atomic mass is 10.2. The van der Waals surface area contributed by atoms with Crippen LogP contribution in [0.25, 0.3) is 5.13 Å². The Morgan fingerprint density at radius 2 is 2.21 bits per heavy atom. The fraction of sp³-hybridized carbons (Fsp3) is 0.450. The second-order valence-corrected chi connectivity index (χ2v) is 8.42. The number of carbonyl (C=O) groups is 1. The average Bonchev–Trinajstić information content (AvgIpc) is 3.52. The Hall–Kier alpha value is -3.29. The van der Waals surface area contributed by atoms with Crippen LogP contribution in [0.1, 0.15) is 35.5 Å². The minimum atomic E-state index is -0.821. The topological polar surface area (TPSA) is 154 Å². The molecular weight excluding hydrogens is 452 g/mol. The van der Waals surface area contributed by atoms with Gasteiger partial charge in [-0.05, 0) is 32.3 Å². The normalized spacial score (nSPS) is 17.8. The molecule has 1 aliphatic rings. The molecule has 0 bridgehead atoms. The Morgan fingerprint density at radius 3 is 2.91 bits per heavy atom. The number of hydrogen-bond donors (Lipinski definition) is 3. The van der Waals surface area contributed by atoms with Crippen molar-refractivity contribution >= 4 is 28.1 Å². The summed E-state index contributed by atoms with van der Waals surface area (Å²) in [6, 6.07) is 2.93. The molecule has 1 fully saturated rings. The number of nitrogens with one attached hydrogen (secondary N) is 2. The SMILES string of the molecule is COCCOc1c(N[C@@H]2CCC[C@@H]2O)cc(C(=O)Nc2nnc(-n3nccc3C)s2)oc1=O. The monoisotopic (exact) mass is 476 g/mol. The number of aryl methyl sites for hydroxylation is 1. The van der Waals surface area contributed by atoms with Crippen molar-refractivity contribution in [2.75, 3.05) is 31.0 Å². The summed E-state index contributed by atoms with van der Waals surface area (Å²) in [7, 11) is 1.51. The van der Waals surface area contributed by atoms with E-state index in [2.05, 4.69) is 25.9 Å². The molecule has 0 aromatic carbocycles. The highest BCUT2D eigenvalue weighted by atomic mass is 32.1. The van der Waals surface area contributed by atoms with E-state index in [9.17, 15) is 14.7 Å². The fourth-order valence-electron chi connectivity index (χ4n) is 3.45. The molecule has 3 heterocycles. The van der Waals surface area contributed by atoms with Crippen molar-refractivity contribution in [2.45, 2.75) is 38.3 Å². The van der Waals surface area contributed by atoms with E-state index >= 15 is 0 Å². The van der Waals surface area contributed by atoms with Crippen molar-refractivity contribution < 1.29 is 23.8 Å². The maximum Gasteiger partial charge on any atom is 0.381 e. The van der Waals surface area contributed by atoms with Gasteiger partial charge in [-0.2, -0.15) is 5.10 Å². The highest BCUT2D eigenvalue weighted by Crippen LogP contribution is 2.28. The van der Waals surface area contributed by atoms with Gasteiger partial charge in [0.2, 0.25) is 16.0 Å². The first kappa shape index (κ1) is 22.9. The summed E-state index contributed by atoms with van der Waals surface area (Å²) < 4.78 is 17.3. The Labute approximate surface area is 192 Å². The molecule has 3 aromatic rings. The van der Waals surface area contributed by atoms with Crippen molar-refractivity contribution in [1.29, 1.82) is 0 Å². The van der Waals surface area contributed by atoms with E-state index in [4.69, 9.17) is 13.9 Å². The summed E-state index contributed by atoms with van der Waals surface area (Å²) in [5, 5.41) is 28.7. The predicted octanol–water partition coefficient (Wildman–Crippen LogP) is 1.59. The van der Waals surface area contributed by atoms with Crippen LogP contribution in [-0.2, 0) is 4.74 Å². The van der Waals surface area contributed by atoms with Crippen molar-refractivity contribution in [1.82, 2.24) is 20.0 Å². The number of anilines is 2. The summed E-state index contributed by atoms with van der Waals surface area (Å²) in [6.07, 6.45) is 3.30. The van der Waals surface area contributed by atoms with Gasteiger partial charge in [0.15, 0.2) is 5.76 Å². The molecule has 0 spiro atoms. The lowest BCUT2D eigenvalue weighted by Crippen LogP contribution is -2.29. The molecule has 33 heavy (non-hydrogen) atoms. The first-order valence-corrected chi connectivity index (χ1v) is 11.2. The second kappa shape index (κ2) is 10.1. The largest absolute Gasteiger partial charge is 0.483 e. The van der Waals surface area contributed by atoms with E-state index in [0.717, 1.165) is 29.9 Å². The summed E-state index contributed by atoms with van der Waals surface area (Å²) in [6.45, 7) is 2.25. The number of nitrogens with zero attached hydrogens (tertiary/aromatic N) is 4. The highest BCUT2D eigenvalue weighted by Gasteiger charge is 2.28. The van der Waals surface area contributed by atoms with Crippen molar-refractivity contribution in [2.24, 2.45) is 0 Å². The van der Waals surface area contributed by atoms with Gasteiger partial charge in [-0.3, -0.25) is 10.1 Å². The predicted molar refractivity (Wildman–Crippen MR) is 119 cm³/mol. The molecule has 0 radical (unpaired) electrons. The lowest BCUT2D eigenvalue weighted by molar-refractivity contribution is 0.0990. The molecule has 12 nitrogen and oxygen atoms in total. The van der Waals surface area contributed by atoms with E-state index in [1.807, 2.05) is 13.0 Å². The molecule has 0 aliphatic heterocycles. The zero-order valence-corrected chi connectivity index (χ0v) is 18.9. The van der Waals surface area contributed by atoms with Gasteiger partial charge in [0, 0.05) is 25.1 Å². The third-order valence-corrected chi connectivity index (χ3v) is 5.95. The van der Waals surface area contributed by atoms with Crippen molar-refractivity contribution in [3.05, 3.63) is 40.2 Å². The standard InChI is InChI=1S/C20H24N6O6S/c1-11-6-7-21-26(11)20-25-24-19(33-20)23-17(28)15-10-13(22-12-4-3-5-14(12)27)16(18(29)32-15)31-9-8-30-2/h6-7,10,12,14,22,27H,3-5,8-9H2,1-2H3,(H,23,24,28)/t12-,14+/m1/s1. The van der Waals surface area contributed by atoms with Crippen LogP contribution in [0.4, 0.5) is 10.8 Å². The number of rotatable bonds is 9. The number of carbonyl (C=O) groups excluding carboxylic acids is 1. The molecule has 13 heteroatoms. The number of aliphatic hydroxyl groups excluding tert-OH is 1. The summed E-state index contributed by atoms with van der Waals surface area (Å²) in [5.74, 6) is -0.985. The first-order chi connectivity index (χ1) is 16.0. The van der Waals surface area contributed by atoms with Crippen molar-refractivity contribution in [3.63, 3.8) is 0 Å². The summed E-state index contributed by atoms with van der Waals surface area (Å²) in [4.78, 5) is 25.4. The van der Waals surface area contributed by atoms with Crippen LogP contribution in [0, 0.1) is 6.92 Å². The van der Waals surface area contributed by atoms with E-state index in [-0.39, 0.29) is 41.6 Å². The van der Waals surface area contributed by atoms with E-state index in [1.54, 1.807) is 10.9 Å². The molecule has 4 rings (SSSR count). The van der Waals surface area contributed by atoms with Crippen LogP contribution in [0.5, 0.6) is 5.75 Å². The Kier molecular flexibility index (Phi) is 7.01. The highest BCUT2D eigenvalue weighted by molar-refractivity contribution is 7.17. The first-order valence-electron chi connectivity index (χ1n) is 10.4. The van der Waals surface area contributed by atoms with Gasteiger partial charge in [0.1, 0.15) is 6.61 Å². The minimum absolute atomic E-state index is 0.0740. The zero-order chi connectivity index (χ0) is 23.4. The van der Waals surface area contributed by atoms with Crippen LogP contribution in [0.2, 0.25) is 0 Å². The number of aromatic nitrogens is 4. The molecule has 1 saturated carbocycles. The van der Waals surface area contributed by atoms with Gasteiger partial charge in [-0.25, -0.2) is 9.48 Å². The lowest BCUT2D eigenvalue weighted by Gasteiger charge is -2.20. The molecule has 2 atom stereocenters. The average molecular weight is 477 g/mol. The van der Waals surface area contributed by atoms with Crippen LogP contribution in [0.15, 0.2) is 27.5 Å². The summed E-state index contributed by atoms with van der Waals surface area (Å²) >= 11 is 1.12. The molecule has 176 valence electrons.